The Kier molecular flexibility index (Phi) is 6.06. The third kappa shape index (κ3) is 4.08. The number of amides is 1. The van der Waals surface area contributed by atoms with Crippen molar-refractivity contribution in [2.45, 2.75) is 20.8 Å². The summed E-state index contributed by atoms with van der Waals surface area (Å²) in [5, 5.41) is 0.666. The molecule has 4 heteroatoms. The van der Waals surface area contributed by atoms with Gasteiger partial charge in [-0.25, -0.2) is 0 Å². The molecule has 0 radical (unpaired) electrons. The van der Waals surface area contributed by atoms with E-state index in [4.69, 9.17) is 16.3 Å². The molecule has 0 unspecified atom stereocenters. The fourth-order valence-corrected chi connectivity index (χ4v) is 2.13. The summed E-state index contributed by atoms with van der Waals surface area (Å²) >= 11 is 6.14. The molecule has 0 atom stereocenters. The van der Waals surface area contributed by atoms with Crippen molar-refractivity contribution in [2.24, 2.45) is 0 Å². The van der Waals surface area contributed by atoms with Crippen LogP contribution in [-0.4, -0.2) is 25.7 Å². The maximum atomic E-state index is 11.8. The third-order valence-electron chi connectivity index (χ3n) is 2.91. The van der Waals surface area contributed by atoms with E-state index < -0.39 is 0 Å². The summed E-state index contributed by atoms with van der Waals surface area (Å²) in [6, 6.07) is 3.77. The molecule has 0 bridgehead atoms. The van der Waals surface area contributed by atoms with Crippen LogP contribution in [0.5, 0.6) is 0 Å². The normalized spacial score (nSPS) is 10.3. The summed E-state index contributed by atoms with van der Waals surface area (Å²) < 4.78 is 5.35. The van der Waals surface area contributed by atoms with E-state index in [0.717, 1.165) is 16.8 Å². The summed E-state index contributed by atoms with van der Waals surface area (Å²) in [4.78, 5) is 13.5. The number of rotatable bonds is 6. The zero-order chi connectivity index (χ0) is 14.4. The monoisotopic (exact) mass is 281 g/mol. The number of hydrogen-bond donors (Lipinski definition) is 0. The Morgan fingerprint density at radius 3 is 2.74 bits per heavy atom. The van der Waals surface area contributed by atoms with E-state index in [0.29, 0.717) is 24.8 Å². The summed E-state index contributed by atoms with van der Waals surface area (Å²) in [5.41, 5.74) is 2.82. The summed E-state index contributed by atoms with van der Waals surface area (Å²) in [6.07, 6.45) is 1.69. The summed E-state index contributed by atoms with van der Waals surface area (Å²) in [7, 11) is 0. The number of halogens is 1. The van der Waals surface area contributed by atoms with Gasteiger partial charge in [-0.1, -0.05) is 23.7 Å². The van der Waals surface area contributed by atoms with Crippen LogP contribution < -0.4 is 4.90 Å². The molecule has 0 aliphatic heterocycles. The van der Waals surface area contributed by atoms with Gasteiger partial charge >= 0.3 is 0 Å². The zero-order valence-electron chi connectivity index (χ0n) is 11.7. The minimum absolute atomic E-state index is 0.0179. The average molecular weight is 282 g/mol. The van der Waals surface area contributed by atoms with E-state index >= 15 is 0 Å². The number of ether oxygens (including phenoxy) is 1. The third-order valence-corrected chi connectivity index (χ3v) is 3.32. The molecule has 1 aromatic rings. The van der Waals surface area contributed by atoms with Gasteiger partial charge in [0, 0.05) is 18.5 Å². The van der Waals surface area contributed by atoms with Crippen LogP contribution in [0, 0.1) is 13.8 Å². The van der Waals surface area contributed by atoms with Crippen molar-refractivity contribution in [1.29, 1.82) is 0 Å². The van der Waals surface area contributed by atoms with Gasteiger partial charge in [0.15, 0.2) is 0 Å². The summed E-state index contributed by atoms with van der Waals surface area (Å²) in [5.74, 6) is -0.0179. The average Bonchev–Trinajstić information content (AvgIpc) is 2.36. The number of hydrogen-bond acceptors (Lipinski definition) is 2. The van der Waals surface area contributed by atoms with Crippen molar-refractivity contribution in [1.82, 2.24) is 0 Å². The lowest BCUT2D eigenvalue weighted by molar-refractivity contribution is -0.116. The largest absolute Gasteiger partial charge is 0.376 e. The molecular formula is C15H20ClNO2. The highest BCUT2D eigenvalue weighted by molar-refractivity contribution is 6.31. The molecule has 104 valence electrons. The Morgan fingerprint density at radius 2 is 2.16 bits per heavy atom. The lowest BCUT2D eigenvalue weighted by atomic mass is 10.1. The van der Waals surface area contributed by atoms with Gasteiger partial charge in [0.1, 0.15) is 0 Å². The molecule has 1 aromatic carbocycles. The van der Waals surface area contributed by atoms with E-state index in [1.54, 1.807) is 17.9 Å². The van der Waals surface area contributed by atoms with E-state index in [9.17, 15) is 4.79 Å². The molecule has 0 saturated heterocycles. The Balaban J connectivity index is 2.96. The van der Waals surface area contributed by atoms with Crippen molar-refractivity contribution in [3.63, 3.8) is 0 Å². The van der Waals surface area contributed by atoms with Crippen molar-refractivity contribution in [3.05, 3.63) is 40.9 Å². The predicted octanol–water partition coefficient (Wildman–Crippen LogP) is 3.51. The van der Waals surface area contributed by atoms with Crippen molar-refractivity contribution in [2.75, 3.05) is 24.7 Å². The number of anilines is 1. The van der Waals surface area contributed by atoms with Crippen LogP contribution in [0.4, 0.5) is 5.69 Å². The smallest absolute Gasteiger partial charge is 0.223 e. The molecule has 0 spiro atoms. The van der Waals surface area contributed by atoms with Gasteiger partial charge in [0.2, 0.25) is 5.91 Å². The van der Waals surface area contributed by atoms with E-state index in [-0.39, 0.29) is 5.91 Å². The fourth-order valence-electron chi connectivity index (χ4n) is 1.98. The molecule has 0 heterocycles. The lowest BCUT2D eigenvalue weighted by Gasteiger charge is -2.25. The van der Waals surface area contributed by atoms with Gasteiger partial charge in [0.25, 0.3) is 0 Å². The van der Waals surface area contributed by atoms with E-state index in [1.807, 2.05) is 26.0 Å². The van der Waals surface area contributed by atoms with Gasteiger partial charge in [-0.15, -0.1) is 6.58 Å². The highest BCUT2D eigenvalue weighted by Crippen LogP contribution is 2.30. The van der Waals surface area contributed by atoms with E-state index in [2.05, 4.69) is 6.58 Å². The second-order valence-electron chi connectivity index (χ2n) is 4.37. The Hall–Kier alpha value is -1.32. The molecule has 0 aliphatic rings. The highest BCUT2D eigenvalue weighted by Gasteiger charge is 2.17. The molecule has 0 N–H and O–H groups in total. The first-order chi connectivity index (χ1) is 8.99. The molecule has 1 amide bonds. The first kappa shape index (κ1) is 15.7. The van der Waals surface area contributed by atoms with Crippen LogP contribution >= 0.6 is 11.6 Å². The molecular weight excluding hydrogens is 262 g/mol. The van der Waals surface area contributed by atoms with Crippen LogP contribution in [-0.2, 0) is 9.53 Å². The molecule has 1 rings (SSSR count). The number of benzene rings is 1. The topological polar surface area (TPSA) is 29.5 Å². The number of aryl methyl sites for hydroxylation is 1. The van der Waals surface area contributed by atoms with Crippen molar-refractivity contribution in [3.8, 4) is 0 Å². The van der Waals surface area contributed by atoms with Crippen LogP contribution in [0.1, 0.15) is 18.1 Å². The van der Waals surface area contributed by atoms with Crippen molar-refractivity contribution < 1.29 is 9.53 Å². The standard InChI is InChI=1S/C15H20ClNO2/c1-5-9-19-10-8-17(13(4)18)15-11(2)6-7-14(16)12(15)3/h5-7H,1,8-10H2,2-4H3. The first-order valence-corrected chi connectivity index (χ1v) is 6.59. The second kappa shape index (κ2) is 7.31. The Labute approximate surface area is 119 Å². The van der Waals surface area contributed by atoms with Crippen LogP contribution in [0.3, 0.4) is 0 Å². The minimum Gasteiger partial charge on any atom is -0.376 e. The molecule has 0 aromatic heterocycles. The number of carbonyl (C=O) groups excluding carboxylic acids is 1. The minimum atomic E-state index is -0.0179. The summed E-state index contributed by atoms with van der Waals surface area (Å²) in [6.45, 7) is 10.5. The number of carbonyl (C=O) groups is 1. The second-order valence-corrected chi connectivity index (χ2v) is 4.78. The van der Waals surface area contributed by atoms with Crippen molar-refractivity contribution >= 4 is 23.2 Å². The van der Waals surface area contributed by atoms with Crippen LogP contribution in [0.15, 0.2) is 24.8 Å². The molecule has 3 nitrogen and oxygen atoms in total. The quantitative estimate of drug-likeness (QED) is 0.590. The molecule has 0 aliphatic carbocycles. The molecule has 0 fully saturated rings. The molecule has 0 saturated carbocycles. The maximum Gasteiger partial charge on any atom is 0.223 e. The van der Waals surface area contributed by atoms with E-state index in [1.165, 1.54) is 0 Å². The van der Waals surface area contributed by atoms with Gasteiger partial charge in [-0.05, 0) is 31.0 Å². The highest BCUT2D eigenvalue weighted by atomic mass is 35.5. The van der Waals surface area contributed by atoms with Crippen LogP contribution in [0.25, 0.3) is 0 Å². The fraction of sp³-hybridized carbons (Fsp3) is 0.400. The molecule has 19 heavy (non-hydrogen) atoms. The van der Waals surface area contributed by atoms with Gasteiger partial charge < -0.3 is 9.64 Å². The van der Waals surface area contributed by atoms with Gasteiger partial charge in [0.05, 0.1) is 18.9 Å². The van der Waals surface area contributed by atoms with Crippen LogP contribution in [0.2, 0.25) is 5.02 Å². The van der Waals surface area contributed by atoms with Gasteiger partial charge in [-0.3, -0.25) is 4.79 Å². The lowest BCUT2D eigenvalue weighted by Crippen LogP contribution is -2.33. The number of nitrogens with zero attached hydrogens (tertiary/aromatic N) is 1. The van der Waals surface area contributed by atoms with Gasteiger partial charge in [-0.2, -0.15) is 0 Å². The predicted molar refractivity (Wildman–Crippen MR) is 80.0 cm³/mol. The Bertz CT molecular complexity index is 471. The first-order valence-electron chi connectivity index (χ1n) is 6.21. The Morgan fingerprint density at radius 1 is 1.47 bits per heavy atom. The zero-order valence-corrected chi connectivity index (χ0v) is 12.5. The SMILES string of the molecule is C=CCOCCN(C(C)=O)c1c(C)ccc(Cl)c1C. The maximum absolute atomic E-state index is 11.8.